The van der Waals surface area contributed by atoms with Crippen molar-refractivity contribution in [3.05, 3.63) is 29.6 Å². The molecule has 3 heterocycles. The number of rotatable bonds is 4. The lowest BCUT2D eigenvalue weighted by atomic mass is 10.1. The molecule has 1 aliphatic rings. The van der Waals surface area contributed by atoms with E-state index in [0.717, 1.165) is 42.6 Å². The van der Waals surface area contributed by atoms with Gasteiger partial charge in [-0.1, -0.05) is 6.07 Å². The van der Waals surface area contributed by atoms with Gasteiger partial charge in [-0.25, -0.2) is 4.98 Å². The molecular weight excluding hydrogens is 248 g/mol. The van der Waals surface area contributed by atoms with Gasteiger partial charge in [0.1, 0.15) is 0 Å². The molecule has 0 radical (unpaired) electrons. The summed E-state index contributed by atoms with van der Waals surface area (Å²) in [6.45, 7) is 2.97. The Labute approximate surface area is 110 Å². The van der Waals surface area contributed by atoms with Gasteiger partial charge in [0.25, 0.3) is 0 Å². The first kappa shape index (κ1) is 11.9. The molecule has 1 atom stereocenters. The molecule has 0 spiro atoms. The van der Waals surface area contributed by atoms with E-state index in [1.807, 2.05) is 17.5 Å². The highest BCUT2D eigenvalue weighted by Crippen LogP contribution is 2.26. The third-order valence-electron chi connectivity index (χ3n) is 3.30. The van der Waals surface area contributed by atoms with Gasteiger partial charge in [-0.2, -0.15) is 0 Å². The smallest absolute Gasteiger partial charge is 0.209 e. The first-order chi connectivity index (χ1) is 8.85. The Balaban J connectivity index is 1.64. The zero-order valence-electron chi connectivity index (χ0n) is 10.1. The Kier molecular flexibility index (Phi) is 3.45. The average molecular weight is 264 g/mol. The molecule has 1 N–H and O–H groups in total. The first-order valence-electron chi connectivity index (χ1n) is 6.17. The van der Waals surface area contributed by atoms with Crippen LogP contribution in [0.1, 0.15) is 12.3 Å². The van der Waals surface area contributed by atoms with Gasteiger partial charge in [-0.3, -0.25) is 4.90 Å². The minimum atomic E-state index is 0.280. The fourth-order valence-corrected chi connectivity index (χ4v) is 2.98. The highest BCUT2D eigenvalue weighted by molar-refractivity contribution is 7.13. The fourth-order valence-electron chi connectivity index (χ4n) is 2.31. The minimum absolute atomic E-state index is 0.280. The molecule has 0 aromatic carbocycles. The van der Waals surface area contributed by atoms with Crippen LogP contribution in [0.3, 0.4) is 0 Å². The van der Waals surface area contributed by atoms with Crippen LogP contribution < -0.4 is 0 Å². The molecule has 3 rings (SSSR count). The Morgan fingerprint density at radius 3 is 3.22 bits per heavy atom. The molecular formula is C13H16N2O2S. The fraction of sp³-hybridized carbons (Fsp3) is 0.462. The van der Waals surface area contributed by atoms with E-state index in [0.29, 0.717) is 5.92 Å². The molecule has 1 saturated heterocycles. The third kappa shape index (κ3) is 2.48. The summed E-state index contributed by atoms with van der Waals surface area (Å²) in [5, 5.41) is 11.1. The Bertz CT molecular complexity index is 495. The second-order valence-electron chi connectivity index (χ2n) is 4.67. The lowest BCUT2D eigenvalue weighted by Gasteiger charge is -2.12. The van der Waals surface area contributed by atoms with Gasteiger partial charge in [-0.15, -0.1) is 11.3 Å². The number of hydrogen-bond acceptors (Lipinski definition) is 5. The zero-order chi connectivity index (χ0) is 12.4. The molecule has 1 aliphatic heterocycles. The predicted octanol–water partition coefficient (Wildman–Crippen LogP) is 2.22. The summed E-state index contributed by atoms with van der Waals surface area (Å²) in [6.07, 6.45) is 2.86. The largest absolute Gasteiger partial charge is 0.438 e. The number of aliphatic hydroxyl groups excluding tert-OH is 1. The van der Waals surface area contributed by atoms with E-state index in [1.165, 1.54) is 0 Å². The summed E-state index contributed by atoms with van der Waals surface area (Å²) in [5.74, 6) is 2.02. The van der Waals surface area contributed by atoms with Crippen LogP contribution in [-0.4, -0.2) is 34.7 Å². The maximum atomic E-state index is 9.11. The lowest BCUT2D eigenvalue weighted by molar-refractivity contribution is 0.215. The van der Waals surface area contributed by atoms with E-state index in [1.54, 1.807) is 17.5 Å². The van der Waals surface area contributed by atoms with Crippen molar-refractivity contribution in [3.63, 3.8) is 0 Å². The van der Waals surface area contributed by atoms with Gasteiger partial charge in [-0.05, 0) is 30.3 Å². The zero-order valence-corrected chi connectivity index (χ0v) is 10.9. The summed E-state index contributed by atoms with van der Waals surface area (Å²) in [5.41, 5.74) is 0. The van der Waals surface area contributed by atoms with Crippen LogP contribution in [0, 0.1) is 5.92 Å². The maximum absolute atomic E-state index is 9.11. The summed E-state index contributed by atoms with van der Waals surface area (Å²) in [6, 6.07) is 4.04. The average Bonchev–Trinajstić information content (AvgIpc) is 3.10. The second-order valence-corrected chi connectivity index (χ2v) is 5.62. The molecule has 0 saturated carbocycles. The van der Waals surface area contributed by atoms with Crippen LogP contribution in [0.25, 0.3) is 10.6 Å². The summed E-state index contributed by atoms with van der Waals surface area (Å²) < 4.78 is 5.75. The lowest BCUT2D eigenvalue weighted by Crippen LogP contribution is -2.21. The molecule has 18 heavy (non-hydrogen) atoms. The molecule has 4 nitrogen and oxygen atoms in total. The molecule has 1 fully saturated rings. The molecule has 0 amide bonds. The second kappa shape index (κ2) is 5.22. The Morgan fingerprint density at radius 1 is 1.56 bits per heavy atom. The number of hydrogen-bond donors (Lipinski definition) is 1. The van der Waals surface area contributed by atoms with Crippen LogP contribution >= 0.6 is 11.3 Å². The van der Waals surface area contributed by atoms with Crippen molar-refractivity contribution >= 4 is 11.3 Å². The van der Waals surface area contributed by atoms with Gasteiger partial charge in [0.2, 0.25) is 5.89 Å². The number of nitrogens with zero attached hydrogens (tertiary/aromatic N) is 2. The number of oxazole rings is 1. The molecule has 5 heteroatoms. The van der Waals surface area contributed by atoms with E-state index in [2.05, 4.69) is 9.88 Å². The summed E-state index contributed by atoms with van der Waals surface area (Å²) >= 11 is 1.66. The number of aromatic nitrogens is 1. The minimum Gasteiger partial charge on any atom is -0.438 e. The van der Waals surface area contributed by atoms with Crippen molar-refractivity contribution in [2.75, 3.05) is 19.7 Å². The van der Waals surface area contributed by atoms with Crippen molar-refractivity contribution in [2.45, 2.75) is 13.0 Å². The van der Waals surface area contributed by atoms with Crippen LogP contribution in [0.5, 0.6) is 0 Å². The van der Waals surface area contributed by atoms with Gasteiger partial charge >= 0.3 is 0 Å². The van der Waals surface area contributed by atoms with E-state index in [-0.39, 0.29) is 6.61 Å². The van der Waals surface area contributed by atoms with Crippen LogP contribution in [0.2, 0.25) is 0 Å². The molecule has 0 aliphatic carbocycles. The van der Waals surface area contributed by atoms with Gasteiger partial charge in [0, 0.05) is 13.2 Å². The SMILES string of the molecule is OCC1CCN(Cc2ncc(-c3cccs3)o2)C1. The van der Waals surface area contributed by atoms with E-state index >= 15 is 0 Å². The number of aliphatic hydroxyl groups is 1. The Hall–Kier alpha value is -1.17. The van der Waals surface area contributed by atoms with Gasteiger partial charge in [0.15, 0.2) is 5.76 Å². The molecule has 2 aromatic rings. The standard InChI is InChI=1S/C13H16N2O2S/c16-9-10-3-4-15(7-10)8-13-14-6-11(17-13)12-2-1-5-18-12/h1-2,5-6,10,16H,3-4,7-9H2. The monoisotopic (exact) mass is 264 g/mol. The Morgan fingerprint density at radius 2 is 2.50 bits per heavy atom. The van der Waals surface area contributed by atoms with E-state index < -0.39 is 0 Å². The predicted molar refractivity (Wildman–Crippen MR) is 70.3 cm³/mol. The first-order valence-corrected chi connectivity index (χ1v) is 7.05. The highest BCUT2D eigenvalue weighted by atomic mass is 32.1. The van der Waals surface area contributed by atoms with E-state index in [9.17, 15) is 0 Å². The quantitative estimate of drug-likeness (QED) is 0.920. The van der Waals surface area contributed by atoms with Gasteiger partial charge in [0.05, 0.1) is 17.6 Å². The van der Waals surface area contributed by atoms with Crippen LogP contribution in [-0.2, 0) is 6.54 Å². The molecule has 2 aromatic heterocycles. The third-order valence-corrected chi connectivity index (χ3v) is 4.19. The van der Waals surface area contributed by atoms with E-state index in [4.69, 9.17) is 9.52 Å². The summed E-state index contributed by atoms with van der Waals surface area (Å²) in [7, 11) is 0. The van der Waals surface area contributed by atoms with Crippen LogP contribution in [0.4, 0.5) is 0 Å². The van der Waals surface area contributed by atoms with Crippen molar-refractivity contribution in [1.29, 1.82) is 0 Å². The summed E-state index contributed by atoms with van der Waals surface area (Å²) in [4.78, 5) is 7.72. The van der Waals surface area contributed by atoms with Crippen molar-refractivity contribution in [1.82, 2.24) is 9.88 Å². The number of thiophene rings is 1. The van der Waals surface area contributed by atoms with Crippen molar-refractivity contribution in [2.24, 2.45) is 5.92 Å². The van der Waals surface area contributed by atoms with Gasteiger partial charge < -0.3 is 9.52 Å². The molecule has 96 valence electrons. The number of likely N-dealkylation sites (tertiary alicyclic amines) is 1. The highest BCUT2D eigenvalue weighted by Gasteiger charge is 2.23. The topological polar surface area (TPSA) is 49.5 Å². The van der Waals surface area contributed by atoms with Crippen molar-refractivity contribution in [3.8, 4) is 10.6 Å². The van der Waals surface area contributed by atoms with Crippen LogP contribution in [0.15, 0.2) is 28.1 Å². The van der Waals surface area contributed by atoms with Crippen molar-refractivity contribution < 1.29 is 9.52 Å². The molecule has 0 bridgehead atoms. The maximum Gasteiger partial charge on any atom is 0.209 e. The normalized spacial score (nSPS) is 20.6. The molecule has 1 unspecified atom stereocenters.